The van der Waals surface area contributed by atoms with E-state index >= 15 is 0 Å². The molecule has 182 valence electrons. The number of thiazole rings is 1. The van der Waals surface area contributed by atoms with Gasteiger partial charge < -0.3 is 9.30 Å². The summed E-state index contributed by atoms with van der Waals surface area (Å²) in [6.45, 7) is 12.2. The third-order valence-electron chi connectivity index (χ3n) is 5.63. The number of alkyl halides is 3. The van der Waals surface area contributed by atoms with E-state index in [0.29, 0.717) is 23.9 Å². The maximum Gasteiger partial charge on any atom is 0.416 e. The Hall–Kier alpha value is -2.13. The second-order valence-corrected chi connectivity index (χ2v) is 11.0. The van der Waals surface area contributed by atoms with Crippen LogP contribution in [0.5, 0.6) is 5.75 Å². The minimum atomic E-state index is -4.57. The van der Waals surface area contributed by atoms with Crippen LogP contribution in [0.2, 0.25) is 0 Å². The first kappa shape index (κ1) is 25.5. The normalized spacial score (nSPS) is 18.0. The van der Waals surface area contributed by atoms with Crippen molar-refractivity contribution in [1.82, 2.24) is 9.47 Å². The van der Waals surface area contributed by atoms with E-state index in [0.717, 1.165) is 30.0 Å². The molecule has 2 heterocycles. The molecule has 2 aromatic rings. The lowest BCUT2D eigenvalue weighted by Gasteiger charge is -2.37. The monoisotopic (exact) mass is 483 g/mol. The molecule has 0 radical (unpaired) electrons. The Balaban J connectivity index is 2.02. The van der Waals surface area contributed by atoms with Gasteiger partial charge in [-0.15, -0.1) is 11.3 Å². The van der Waals surface area contributed by atoms with Crippen LogP contribution in [0.3, 0.4) is 0 Å². The van der Waals surface area contributed by atoms with Gasteiger partial charge in [0.15, 0.2) is 4.80 Å². The van der Waals surface area contributed by atoms with Crippen molar-refractivity contribution in [3.8, 4) is 5.75 Å². The number of likely N-dealkylation sites (tertiary alicyclic amines) is 1. The van der Waals surface area contributed by atoms with Crippen LogP contribution in [0, 0.1) is 5.92 Å². The maximum absolute atomic E-state index is 13.4. The van der Waals surface area contributed by atoms with Crippen LogP contribution in [0.25, 0.3) is 0 Å². The minimum Gasteiger partial charge on any atom is -0.491 e. The van der Waals surface area contributed by atoms with Gasteiger partial charge in [0.05, 0.1) is 11.1 Å². The Morgan fingerprint density at radius 3 is 2.48 bits per heavy atom. The van der Waals surface area contributed by atoms with Crippen molar-refractivity contribution in [3.63, 3.8) is 0 Å². The number of likely N-dealkylation sites (N-methyl/N-ethyl adjacent to an activating group) is 1. The molecule has 1 atom stereocenters. The number of benzene rings is 1. The lowest BCUT2D eigenvalue weighted by atomic mass is 9.95. The van der Waals surface area contributed by atoms with Crippen LogP contribution in [0.4, 0.5) is 13.2 Å². The summed E-state index contributed by atoms with van der Waals surface area (Å²) >= 11 is 1.38. The molecule has 9 heteroatoms. The van der Waals surface area contributed by atoms with Gasteiger partial charge in [-0.05, 0) is 49.5 Å². The molecule has 1 aromatic carbocycles. The Labute approximate surface area is 196 Å². The third-order valence-corrected chi connectivity index (χ3v) is 7.07. The van der Waals surface area contributed by atoms with E-state index in [1.54, 1.807) is 0 Å². The highest BCUT2D eigenvalue weighted by Crippen LogP contribution is 2.33. The quantitative estimate of drug-likeness (QED) is 0.557. The van der Waals surface area contributed by atoms with Crippen molar-refractivity contribution >= 4 is 17.2 Å². The van der Waals surface area contributed by atoms with Crippen molar-refractivity contribution in [3.05, 3.63) is 45.2 Å². The van der Waals surface area contributed by atoms with Gasteiger partial charge in [0.2, 0.25) is 0 Å². The average Bonchev–Trinajstić information content (AvgIpc) is 3.08. The topological polar surface area (TPSA) is 46.8 Å². The van der Waals surface area contributed by atoms with Gasteiger partial charge in [0.1, 0.15) is 12.4 Å². The second kappa shape index (κ2) is 9.62. The largest absolute Gasteiger partial charge is 0.491 e. The van der Waals surface area contributed by atoms with Crippen molar-refractivity contribution in [2.24, 2.45) is 10.9 Å². The van der Waals surface area contributed by atoms with Crippen molar-refractivity contribution in [1.29, 1.82) is 0 Å². The molecule has 0 aliphatic carbocycles. The predicted octanol–water partition coefficient (Wildman–Crippen LogP) is 5.35. The standard InChI is InChI=1S/C24H32F3N3O2S/c1-15(2)12-30-13-20(23(3,4)5)33-22(30)28-21(31)18-11-16(24(25,26)27)7-8-19(18)32-14-17-9-10-29(17)6/h7-8,11,13,15,17H,9-10,12,14H2,1-6H3/t17-/m0/s1. The van der Waals surface area contributed by atoms with Crippen LogP contribution in [0.15, 0.2) is 29.4 Å². The molecule has 5 nitrogen and oxygen atoms in total. The molecule has 3 rings (SSSR count). The number of aromatic nitrogens is 1. The van der Waals surface area contributed by atoms with E-state index in [9.17, 15) is 18.0 Å². The van der Waals surface area contributed by atoms with Crippen LogP contribution in [-0.2, 0) is 18.1 Å². The zero-order valence-corrected chi connectivity index (χ0v) is 20.8. The number of hydrogen-bond donors (Lipinski definition) is 0. The van der Waals surface area contributed by atoms with Crippen LogP contribution < -0.4 is 9.54 Å². The van der Waals surface area contributed by atoms with Crippen molar-refractivity contribution < 1.29 is 22.7 Å². The summed E-state index contributed by atoms with van der Waals surface area (Å²) in [4.78, 5) is 21.1. The molecule has 1 aliphatic rings. The molecular weight excluding hydrogens is 451 g/mol. The van der Waals surface area contributed by atoms with E-state index in [-0.39, 0.29) is 22.8 Å². The Kier molecular flexibility index (Phi) is 7.43. The zero-order valence-electron chi connectivity index (χ0n) is 20.0. The summed E-state index contributed by atoms with van der Waals surface area (Å²) in [6, 6.07) is 3.20. The number of hydrogen-bond acceptors (Lipinski definition) is 4. The van der Waals surface area contributed by atoms with Crippen LogP contribution in [0.1, 0.15) is 61.8 Å². The van der Waals surface area contributed by atoms with Gasteiger partial charge in [0, 0.05) is 23.7 Å². The second-order valence-electron chi connectivity index (χ2n) is 10.0. The lowest BCUT2D eigenvalue weighted by Crippen LogP contribution is -2.48. The molecule has 1 amide bonds. The van der Waals surface area contributed by atoms with Gasteiger partial charge in [0.25, 0.3) is 5.91 Å². The number of carbonyl (C=O) groups is 1. The molecule has 1 saturated heterocycles. The first-order valence-corrected chi connectivity index (χ1v) is 11.9. The van der Waals surface area contributed by atoms with Gasteiger partial charge in [-0.25, -0.2) is 0 Å². The summed E-state index contributed by atoms with van der Waals surface area (Å²) in [6.07, 6.45) is -1.64. The Morgan fingerprint density at radius 2 is 1.97 bits per heavy atom. The Bertz CT molecular complexity index is 1060. The molecule has 1 aromatic heterocycles. The van der Waals surface area contributed by atoms with Gasteiger partial charge >= 0.3 is 6.18 Å². The molecule has 0 saturated carbocycles. The summed E-state index contributed by atoms with van der Waals surface area (Å²) in [5, 5.41) is 0. The van der Waals surface area contributed by atoms with E-state index in [1.165, 1.54) is 17.4 Å². The van der Waals surface area contributed by atoms with Gasteiger partial charge in [-0.1, -0.05) is 34.6 Å². The third kappa shape index (κ3) is 6.26. The Morgan fingerprint density at radius 1 is 1.27 bits per heavy atom. The highest BCUT2D eigenvalue weighted by Gasteiger charge is 2.32. The number of ether oxygens (including phenoxy) is 1. The van der Waals surface area contributed by atoms with E-state index < -0.39 is 17.6 Å². The number of rotatable bonds is 6. The first-order valence-electron chi connectivity index (χ1n) is 11.1. The highest BCUT2D eigenvalue weighted by molar-refractivity contribution is 7.09. The molecule has 1 aliphatic heterocycles. The van der Waals surface area contributed by atoms with E-state index in [1.807, 2.05) is 17.8 Å². The van der Waals surface area contributed by atoms with Crippen LogP contribution >= 0.6 is 11.3 Å². The highest BCUT2D eigenvalue weighted by atomic mass is 32.1. The molecule has 0 spiro atoms. The van der Waals surface area contributed by atoms with Crippen molar-refractivity contribution in [2.45, 2.75) is 65.2 Å². The summed E-state index contributed by atoms with van der Waals surface area (Å²) in [5.41, 5.74) is -1.21. The fourth-order valence-electron chi connectivity index (χ4n) is 3.45. The first-order chi connectivity index (χ1) is 15.3. The van der Waals surface area contributed by atoms with Gasteiger partial charge in [-0.2, -0.15) is 18.2 Å². The number of nitrogens with zero attached hydrogens (tertiary/aromatic N) is 3. The smallest absolute Gasteiger partial charge is 0.416 e. The molecule has 1 fully saturated rings. The fraction of sp³-hybridized carbons (Fsp3) is 0.583. The number of carbonyl (C=O) groups excluding carboxylic acids is 1. The summed E-state index contributed by atoms with van der Waals surface area (Å²) in [7, 11) is 1.96. The van der Waals surface area contributed by atoms with Crippen LogP contribution in [-0.4, -0.2) is 41.6 Å². The molecule has 0 N–H and O–H groups in total. The molecule has 33 heavy (non-hydrogen) atoms. The van der Waals surface area contributed by atoms with Crippen molar-refractivity contribution in [2.75, 3.05) is 20.2 Å². The molecule has 0 bridgehead atoms. The maximum atomic E-state index is 13.4. The molecular formula is C24H32F3N3O2S. The predicted molar refractivity (Wildman–Crippen MR) is 124 cm³/mol. The number of amides is 1. The summed E-state index contributed by atoms with van der Waals surface area (Å²) < 4.78 is 47.8. The van der Waals surface area contributed by atoms with E-state index in [2.05, 4.69) is 44.5 Å². The van der Waals surface area contributed by atoms with Gasteiger partial charge in [-0.3, -0.25) is 9.69 Å². The minimum absolute atomic E-state index is 0.125. The fourth-order valence-corrected chi connectivity index (χ4v) is 4.51. The number of halogens is 3. The van der Waals surface area contributed by atoms with E-state index in [4.69, 9.17) is 4.74 Å². The molecule has 0 unspecified atom stereocenters. The average molecular weight is 484 g/mol. The summed E-state index contributed by atoms with van der Waals surface area (Å²) in [5.74, 6) is -0.300. The SMILES string of the molecule is CC(C)Cn1cc(C(C)(C)C)sc1=NC(=O)c1cc(C(F)(F)F)ccc1OC[C@@H]1CCN1C. The zero-order chi connectivity index (χ0) is 24.6. The lowest BCUT2D eigenvalue weighted by molar-refractivity contribution is -0.137.